The van der Waals surface area contributed by atoms with E-state index in [9.17, 15) is 9.59 Å². The first-order chi connectivity index (χ1) is 9.76. The summed E-state index contributed by atoms with van der Waals surface area (Å²) in [5.41, 5.74) is -0.854. The van der Waals surface area contributed by atoms with Gasteiger partial charge in [0.25, 0.3) is 0 Å². The van der Waals surface area contributed by atoms with Crippen molar-refractivity contribution in [3.8, 4) is 0 Å². The summed E-state index contributed by atoms with van der Waals surface area (Å²) in [7, 11) is 0. The minimum Gasteiger partial charge on any atom is -0.340 e. The molecule has 1 atom stereocenters. The largest absolute Gasteiger partial charge is 0.340 e. The van der Waals surface area contributed by atoms with Gasteiger partial charge in [0.05, 0.1) is 6.54 Å². The van der Waals surface area contributed by atoms with Crippen LogP contribution in [0, 0.1) is 5.92 Å². The molecule has 2 rings (SSSR count). The second kappa shape index (κ2) is 5.75. The lowest BCUT2D eigenvalue weighted by Gasteiger charge is -2.44. The number of hydrogen-bond acceptors (Lipinski definition) is 4. The Labute approximate surface area is 129 Å². The number of carbonyl (C=O) groups is 2. The van der Waals surface area contributed by atoms with Gasteiger partial charge < -0.3 is 10.2 Å². The van der Waals surface area contributed by atoms with Gasteiger partial charge in [-0.2, -0.15) is 0 Å². The SMILES string of the molecule is CCc1cnc(CN2C(=O)C(C)(C)NC(=O)C2C(C)C)s1. The van der Waals surface area contributed by atoms with Crippen molar-refractivity contribution in [2.24, 2.45) is 5.92 Å². The Hall–Kier alpha value is -1.43. The zero-order valence-electron chi connectivity index (χ0n) is 13.3. The molecule has 1 saturated heterocycles. The summed E-state index contributed by atoms with van der Waals surface area (Å²) in [6, 6.07) is -0.431. The molecule has 0 spiro atoms. The highest BCUT2D eigenvalue weighted by Gasteiger charge is 2.46. The number of aromatic nitrogens is 1. The Bertz CT molecular complexity index is 551. The molecule has 1 fully saturated rings. The summed E-state index contributed by atoms with van der Waals surface area (Å²) in [5, 5.41) is 3.71. The van der Waals surface area contributed by atoms with E-state index in [1.165, 1.54) is 4.88 Å². The van der Waals surface area contributed by atoms with E-state index >= 15 is 0 Å². The third-order valence-electron chi connectivity index (χ3n) is 3.72. The van der Waals surface area contributed by atoms with E-state index in [-0.39, 0.29) is 17.7 Å². The molecule has 1 aliphatic heterocycles. The lowest BCUT2D eigenvalue weighted by molar-refractivity contribution is -0.156. The molecule has 6 heteroatoms. The van der Waals surface area contributed by atoms with Crippen molar-refractivity contribution in [3.63, 3.8) is 0 Å². The zero-order valence-corrected chi connectivity index (χ0v) is 14.1. The maximum absolute atomic E-state index is 12.7. The van der Waals surface area contributed by atoms with E-state index in [1.807, 2.05) is 20.0 Å². The van der Waals surface area contributed by atoms with E-state index in [2.05, 4.69) is 17.2 Å². The molecule has 2 heterocycles. The first-order valence-corrected chi connectivity index (χ1v) is 8.14. The van der Waals surface area contributed by atoms with E-state index < -0.39 is 11.6 Å². The number of hydrogen-bond donors (Lipinski definition) is 1. The van der Waals surface area contributed by atoms with Gasteiger partial charge in [-0.1, -0.05) is 20.8 Å². The van der Waals surface area contributed by atoms with Crippen LogP contribution in [0.5, 0.6) is 0 Å². The van der Waals surface area contributed by atoms with Gasteiger partial charge in [-0.05, 0) is 26.2 Å². The molecule has 0 bridgehead atoms. The molecule has 0 aliphatic carbocycles. The fourth-order valence-electron chi connectivity index (χ4n) is 2.63. The molecule has 1 unspecified atom stereocenters. The lowest BCUT2D eigenvalue weighted by Crippen LogP contribution is -2.68. The van der Waals surface area contributed by atoms with Gasteiger partial charge in [0.2, 0.25) is 11.8 Å². The second-order valence-electron chi connectivity index (χ2n) is 6.31. The van der Waals surface area contributed by atoms with Gasteiger partial charge in [0.1, 0.15) is 16.6 Å². The Morgan fingerprint density at radius 1 is 1.43 bits per heavy atom. The average Bonchev–Trinajstić information content (AvgIpc) is 2.82. The molecule has 1 N–H and O–H groups in total. The number of nitrogens with zero attached hydrogens (tertiary/aromatic N) is 2. The van der Waals surface area contributed by atoms with E-state index in [0.717, 1.165) is 11.4 Å². The van der Waals surface area contributed by atoms with Crippen LogP contribution in [-0.4, -0.2) is 33.3 Å². The average molecular weight is 309 g/mol. The third-order valence-corrected chi connectivity index (χ3v) is 4.85. The quantitative estimate of drug-likeness (QED) is 0.925. The molecule has 116 valence electrons. The molecular formula is C15H23N3O2S. The van der Waals surface area contributed by atoms with Crippen molar-refractivity contribution in [3.05, 3.63) is 16.1 Å². The molecule has 5 nitrogen and oxygen atoms in total. The molecule has 1 aromatic rings. The number of piperazine rings is 1. The Morgan fingerprint density at radius 3 is 2.62 bits per heavy atom. The topological polar surface area (TPSA) is 62.3 Å². The van der Waals surface area contributed by atoms with Gasteiger partial charge in [-0.15, -0.1) is 11.3 Å². The third kappa shape index (κ3) is 3.10. The van der Waals surface area contributed by atoms with Crippen molar-refractivity contribution in [2.45, 2.75) is 59.2 Å². The molecule has 0 aromatic carbocycles. The number of thiazole rings is 1. The van der Waals surface area contributed by atoms with E-state index in [4.69, 9.17) is 0 Å². The smallest absolute Gasteiger partial charge is 0.248 e. The lowest BCUT2D eigenvalue weighted by atomic mass is 9.91. The predicted molar refractivity (Wildman–Crippen MR) is 82.9 cm³/mol. The van der Waals surface area contributed by atoms with Crippen LogP contribution >= 0.6 is 11.3 Å². The molecule has 1 aliphatic rings. The summed E-state index contributed by atoms with van der Waals surface area (Å²) in [5.74, 6) is -0.0634. The Morgan fingerprint density at radius 2 is 2.10 bits per heavy atom. The molecule has 0 radical (unpaired) electrons. The molecule has 2 amide bonds. The summed E-state index contributed by atoms with van der Waals surface area (Å²) in [6.45, 7) is 9.90. The standard InChI is InChI=1S/C15H23N3O2S/c1-6-10-7-16-11(21-10)8-18-12(9(2)3)13(19)17-15(4,5)14(18)20/h7,9,12H,6,8H2,1-5H3,(H,17,19). The maximum atomic E-state index is 12.7. The van der Waals surface area contributed by atoms with Crippen LogP contribution in [0.1, 0.15) is 44.5 Å². The normalized spacial score (nSPS) is 21.8. The van der Waals surface area contributed by atoms with Gasteiger partial charge in [0.15, 0.2) is 0 Å². The molecule has 21 heavy (non-hydrogen) atoms. The highest BCUT2D eigenvalue weighted by molar-refractivity contribution is 7.11. The van der Waals surface area contributed by atoms with Crippen LogP contribution in [-0.2, 0) is 22.6 Å². The summed E-state index contributed by atoms with van der Waals surface area (Å²) < 4.78 is 0. The highest BCUT2D eigenvalue weighted by Crippen LogP contribution is 2.26. The van der Waals surface area contributed by atoms with Crippen molar-refractivity contribution < 1.29 is 9.59 Å². The fourth-order valence-corrected chi connectivity index (χ4v) is 3.49. The summed E-state index contributed by atoms with van der Waals surface area (Å²) in [4.78, 5) is 32.3. The number of amides is 2. The van der Waals surface area contributed by atoms with Crippen LogP contribution in [0.15, 0.2) is 6.20 Å². The number of aryl methyl sites for hydroxylation is 1. The van der Waals surface area contributed by atoms with Crippen LogP contribution in [0.4, 0.5) is 0 Å². The highest BCUT2D eigenvalue weighted by atomic mass is 32.1. The maximum Gasteiger partial charge on any atom is 0.248 e. The molecular weight excluding hydrogens is 286 g/mol. The van der Waals surface area contributed by atoms with Crippen LogP contribution in [0.2, 0.25) is 0 Å². The van der Waals surface area contributed by atoms with Crippen LogP contribution in [0.3, 0.4) is 0 Å². The second-order valence-corrected chi connectivity index (χ2v) is 7.51. The minimum absolute atomic E-state index is 0.0472. The predicted octanol–water partition coefficient (Wildman–Crippen LogP) is 1.97. The Kier molecular flexibility index (Phi) is 4.37. The first kappa shape index (κ1) is 15.9. The number of carbonyl (C=O) groups excluding carboxylic acids is 2. The van der Waals surface area contributed by atoms with Crippen molar-refractivity contribution in [1.82, 2.24) is 15.2 Å². The Balaban J connectivity index is 2.30. The van der Waals surface area contributed by atoms with E-state index in [0.29, 0.717) is 6.54 Å². The minimum atomic E-state index is -0.854. The van der Waals surface area contributed by atoms with Crippen LogP contribution < -0.4 is 5.32 Å². The fraction of sp³-hybridized carbons (Fsp3) is 0.667. The molecule has 1 aromatic heterocycles. The van der Waals surface area contributed by atoms with Gasteiger partial charge in [-0.25, -0.2) is 4.98 Å². The number of nitrogens with one attached hydrogen (secondary N) is 1. The van der Waals surface area contributed by atoms with Gasteiger partial charge in [-0.3, -0.25) is 9.59 Å². The monoisotopic (exact) mass is 309 g/mol. The molecule has 0 saturated carbocycles. The summed E-state index contributed by atoms with van der Waals surface area (Å²) >= 11 is 1.61. The zero-order chi connectivity index (χ0) is 15.8. The van der Waals surface area contributed by atoms with Crippen LogP contribution in [0.25, 0.3) is 0 Å². The van der Waals surface area contributed by atoms with Crippen molar-refractivity contribution in [1.29, 1.82) is 0 Å². The first-order valence-electron chi connectivity index (χ1n) is 7.33. The number of rotatable bonds is 4. The summed E-state index contributed by atoms with van der Waals surface area (Å²) in [6.07, 6.45) is 2.79. The van der Waals surface area contributed by atoms with Gasteiger partial charge >= 0.3 is 0 Å². The van der Waals surface area contributed by atoms with Crippen molar-refractivity contribution >= 4 is 23.2 Å². The van der Waals surface area contributed by atoms with E-state index in [1.54, 1.807) is 30.1 Å². The van der Waals surface area contributed by atoms with Gasteiger partial charge in [0, 0.05) is 11.1 Å². The van der Waals surface area contributed by atoms with Crippen molar-refractivity contribution in [2.75, 3.05) is 0 Å².